The second-order valence-corrected chi connectivity index (χ2v) is 7.28. The number of carbonyl (C=O) groups is 1. The van der Waals surface area contributed by atoms with Gasteiger partial charge in [0.2, 0.25) is 0 Å². The first kappa shape index (κ1) is 19.8. The van der Waals surface area contributed by atoms with Crippen LogP contribution < -0.4 is 5.32 Å². The van der Waals surface area contributed by atoms with Gasteiger partial charge >= 0.3 is 0 Å². The molecule has 1 aromatic carbocycles. The molecule has 0 aliphatic heterocycles. The van der Waals surface area contributed by atoms with Crippen LogP contribution in [0.3, 0.4) is 0 Å². The lowest BCUT2D eigenvalue weighted by atomic mass is 9.98. The molecule has 4 rings (SSSR count). The molecule has 0 saturated carbocycles. The van der Waals surface area contributed by atoms with Gasteiger partial charge in [-0.15, -0.1) is 0 Å². The Morgan fingerprint density at radius 1 is 1.17 bits per heavy atom. The zero-order valence-electron chi connectivity index (χ0n) is 17.0. The standard InChI is InChI=1S/C24H23FN4O/c1-3-4-10-27-24(30)20-15-28-29-12-9-17(14-22(20)29)19-6-5-11-26-23(19)18-7-8-21(25)16(2)13-18/h5-9,11-15H,3-4,10H2,1-2H3,(H,27,30). The summed E-state index contributed by atoms with van der Waals surface area (Å²) in [7, 11) is 0. The highest BCUT2D eigenvalue weighted by molar-refractivity contribution is 6.01. The number of benzene rings is 1. The minimum Gasteiger partial charge on any atom is -0.352 e. The maximum absolute atomic E-state index is 13.7. The highest BCUT2D eigenvalue weighted by Crippen LogP contribution is 2.32. The molecule has 0 bridgehead atoms. The van der Waals surface area contributed by atoms with E-state index in [1.807, 2.05) is 30.5 Å². The third kappa shape index (κ3) is 3.81. The molecule has 0 fully saturated rings. The van der Waals surface area contributed by atoms with Gasteiger partial charge in [0.25, 0.3) is 5.91 Å². The second-order valence-electron chi connectivity index (χ2n) is 7.28. The van der Waals surface area contributed by atoms with Crippen molar-refractivity contribution in [1.29, 1.82) is 0 Å². The fourth-order valence-electron chi connectivity index (χ4n) is 3.46. The molecular formula is C24H23FN4O. The van der Waals surface area contributed by atoms with Crippen molar-refractivity contribution in [3.05, 3.63) is 78.0 Å². The van der Waals surface area contributed by atoms with Crippen molar-refractivity contribution < 1.29 is 9.18 Å². The number of unbranched alkanes of at least 4 members (excludes halogenated alkanes) is 1. The van der Waals surface area contributed by atoms with Crippen LogP contribution in [0.4, 0.5) is 4.39 Å². The maximum Gasteiger partial charge on any atom is 0.255 e. The van der Waals surface area contributed by atoms with E-state index in [1.54, 1.807) is 36.0 Å². The van der Waals surface area contributed by atoms with Crippen molar-refractivity contribution in [2.24, 2.45) is 0 Å². The summed E-state index contributed by atoms with van der Waals surface area (Å²) in [6.45, 7) is 4.47. The highest BCUT2D eigenvalue weighted by Gasteiger charge is 2.15. The van der Waals surface area contributed by atoms with Crippen LogP contribution in [0, 0.1) is 12.7 Å². The van der Waals surface area contributed by atoms with Gasteiger partial charge in [0, 0.05) is 30.1 Å². The molecule has 30 heavy (non-hydrogen) atoms. The van der Waals surface area contributed by atoms with Gasteiger partial charge in [-0.05, 0) is 60.9 Å². The Morgan fingerprint density at radius 3 is 2.83 bits per heavy atom. The third-order valence-electron chi connectivity index (χ3n) is 5.13. The molecule has 0 saturated heterocycles. The second kappa shape index (κ2) is 8.45. The van der Waals surface area contributed by atoms with Crippen molar-refractivity contribution >= 4 is 11.4 Å². The smallest absolute Gasteiger partial charge is 0.255 e. The molecule has 0 aliphatic carbocycles. The van der Waals surface area contributed by atoms with Gasteiger partial charge in [-0.2, -0.15) is 5.10 Å². The first-order chi connectivity index (χ1) is 14.6. The van der Waals surface area contributed by atoms with E-state index in [-0.39, 0.29) is 11.7 Å². The number of aryl methyl sites for hydroxylation is 1. The van der Waals surface area contributed by atoms with Gasteiger partial charge < -0.3 is 5.32 Å². The van der Waals surface area contributed by atoms with Crippen LogP contribution in [0.5, 0.6) is 0 Å². The maximum atomic E-state index is 13.7. The lowest BCUT2D eigenvalue weighted by Crippen LogP contribution is -2.24. The Hall–Kier alpha value is -3.54. The summed E-state index contributed by atoms with van der Waals surface area (Å²) in [5, 5.41) is 7.25. The molecule has 3 aromatic heterocycles. The van der Waals surface area contributed by atoms with Crippen LogP contribution in [0.25, 0.3) is 27.9 Å². The van der Waals surface area contributed by atoms with E-state index in [0.29, 0.717) is 17.7 Å². The zero-order chi connectivity index (χ0) is 21.1. The van der Waals surface area contributed by atoms with E-state index in [0.717, 1.165) is 40.7 Å². The Morgan fingerprint density at radius 2 is 2.03 bits per heavy atom. The fourth-order valence-corrected chi connectivity index (χ4v) is 3.46. The monoisotopic (exact) mass is 402 g/mol. The summed E-state index contributed by atoms with van der Waals surface area (Å²) < 4.78 is 15.4. The van der Waals surface area contributed by atoms with Crippen molar-refractivity contribution in [3.8, 4) is 22.4 Å². The van der Waals surface area contributed by atoms with E-state index in [4.69, 9.17) is 0 Å². The minimum absolute atomic E-state index is 0.129. The topological polar surface area (TPSA) is 59.3 Å². The molecule has 0 spiro atoms. The SMILES string of the molecule is CCCCNC(=O)c1cnn2ccc(-c3cccnc3-c3ccc(F)c(C)c3)cc12. The Kier molecular flexibility index (Phi) is 5.57. The average Bonchev–Trinajstić information content (AvgIpc) is 3.19. The third-order valence-corrected chi connectivity index (χ3v) is 5.13. The zero-order valence-corrected chi connectivity index (χ0v) is 17.0. The van der Waals surface area contributed by atoms with Crippen molar-refractivity contribution in [2.45, 2.75) is 26.7 Å². The number of halogens is 1. The predicted molar refractivity (Wildman–Crippen MR) is 116 cm³/mol. The molecular weight excluding hydrogens is 379 g/mol. The molecule has 4 aromatic rings. The number of hydrogen-bond donors (Lipinski definition) is 1. The lowest BCUT2D eigenvalue weighted by Gasteiger charge is -2.11. The number of hydrogen-bond acceptors (Lipinski definition) is 3. The highest BCUT2D eigenvalue weighted by atomic mass is 19.1. The Bertz CT molecular complexity index is 1220. The largest absolute Gasteiger partial charge is 0.352 e. The van der Waals surface area contributed by atoms with Gasteiger partial charge in [-0.1, -0.05) is 19.4 Å². The molecule has 0 aliphatic rings. The first-order valence-corrected chi connectivity index (χ1v) is 10.1. The predicted octanol–water partition coefficient (Wildman–Crippen LogP) is 5.04. The quantitative estimate of drug-likeness (QED) is 0.460. The summed E-state index contributed by atoms with van der Waals surface area (Å²) in [6.07, 6.45) is 7.10. The summed E-state index contributed by atoms with van der Waals surface area (Å²) in [5.41, 5.74) is 5.26. The normalized spacial score (nSPS) is 11.0. The molecule has 0 atom stereocenters. The molecule has 0 radical (unpaired) electrons. The van der Waals surface area contributed by atoms with E-state index in [1.165, 1.54) is 6.07 Å². The van der Waals surface area contributed by atoms with Gasteiger partial charge in [0.1, 0.15) is 5.82 Å². The number of nitrogens with zero attached hydrogens (tertiary/aromatic N) is 3. The van der Waals surface area contributed by atoms with Gasteiger partial charge in [-0.3, -0.25) is 9.78 Å². The van der Waals surface area contributed by atoms with Crippen molar-refractivity contribution in [2.75, 3.05) is 6.54 Å². The molecule has 0 unspecified atom stereocenters. The van der Waals surface area contributed by atoms with Crippen LogP contribution in [-0.4, -0.2) is 27.0 Å². The summed E-state index contributed by atoms with van der Waals surface area (Å²) in [5.74, 6) is -0.369. The molecule has 1 amide bonds. The van der Waals surface area contributed by atoms with Crippen LogP contribution in [0.15, 0.2) is 61.1 Å². The van der Waals surface area contributed by atoms with Gasteiger partial charge in [-0.25, -0.2) is 8.91 Å². The molecule has 5 nitrogen and oxygen atoms in total. The number of amides is 1. The molecule has 1 N–H and O–H groups in total. The number of carbonyl (C=O) groups excluding carboxylic acids is 1. The summed E-state index contributed by atoms with van der Waals surface area (Å²) in [4.78, 5) is 17.1. The number of rotatable bonds is 6. The van der Waals surface area contributed by atoms with Gasteiger partial charge in [0.15, 0.2) is 0 Å². The van der Waals surface area contributed by atoms with Gasteiger partial charge in [0.05, 0.1) is 23.0 Å². The van der Waals surface area contributed by atoms with Crippen LogP contribution in [0.2, 0.25) is 0 Å². The number of fused-ring (bicyclic) bond motifs is 1. The van der Waals surface area contributed by atoms with Crippen LogP contribution in [0.1, 0.15) is 35.7 Å². The summed E-state index contributed by atoms with van der Waals surface area (Å²) in [6, 6.07) is 12.7. The van der Waals surface area contributed by atoms with Crippen molar-refractivity contribution in [3.63, 3.8) is 0 Å². The van der Waals surface area contributed by atoms with E-state index < -0.39 is 0 Å². The molecule has 152 valence electrons. The number of nitrogens with one attached hydrogen (secondary N) is 1. The average molecular weight is 402 g/mol. The summed E-state index contributed by atoms with van der Waals surface area (Å²) >= 11 is 0. The minimum atomic E-state index is -0.240. The van der Waals surface area contributed by atoms with E-state index in [9.17, 15) is 9.18 Å². The Labute approximate surface area is 174 Å². The fraction of sp³-hybridized carbons (Fsp3) is 0.208. The lowest BCUT2D eigenvalue weighted by molar-refractivity contribution is 0.0955. The number of aromatic nitrogens is 3. The van der Waals surface area contributed by atoms with Crippen LogP contribution >= 0.6 is 0 Å². The van der Waals surface area contributed by atoms with E-state index in [2.05, 4.69) is 22.3 Å². The molecule has 3 heterocycles. The number of pyridine rings is 2. The molecule has 6 heteroatoms. The Balaban J connectivity index is 1.76. The van der Waals surface area contributed by atoms with E-state index >= 15 is 0 Å². The first-order valence-electron chi connectivity index (χ1n) is 10.1. The van der Waals surface area contributed by atoms with Crippen LogP contribution in [-0.2, 0) is 0 Å². The van der Waals surface area contributed by atoms with Crippen molar-refractivity contribution in [1.82, 2.24) is 19.9 Å².